The van der Waals surface area contributed by atoms with Crippen molar-refractivity contribution in [2.24, 2.45) is 0 Å². The molecule has 5 heteroatoms. The van der Waals surface area contributed by atoms with Gasteiger partial charge in [0.15, 0.2) is 5.69 Å². The molecule has 0 spiro atoms. The molecule has 0 aromatic carbocycles. The molecule has 1 aromatic heterocycles. The summed E-state index contributed by atoms with van der Waals surface area (Å²) in [5.41, 5.74) is 2.02. The molecule has 0 radical (unpaired) electrons. The minimum absolute atomic E-state index is 0.131. The van der Waals surface area contributed by atoms with E-state index in [0.29, 0.717) is 9.90 Å². The first-order valence-electron chi connectivity index (χ1n) is 3.54. The van der Waals surface area contributed by atoms with Crippen molar-refractivity contribution in [3.8, 4) is 0 Å². The van der Waals surface area contributed by atoms with Crippen molar-refractivity contribution < 1.29 is 4.79 Å². The molecule has 0 aliphatic rings. The summed E-state index contributed by atoms with van der Waals surface area (Å²) in [7, 11) is 0. The van der Waals surface area contributed by atoms with E-state index >= 15 is 0 Å². The molecule has 0 saturated carbocycles. The van der Waals surface area contributed by atoms with Crippen molar-refractivity contribution in [2.75, 3.05) is 0 Å². The van der Waals surface area contributed by atoms with E-state index in [1.165, 1.54) is 11.3 Å². The Kier molecular flexibility index (Phi) is 3.11. The van der Waals surface area contributed by atoms with Crippen molar-refractivity contribution in [1.82, 2.24) is 10.3 Å². The number of amides is 1. The maximum atomic E-state index is 11.3. The molecular formula is C7H10N2OS2. The smallest absolute Gasteiger partial charge is 0.272 e. The summed E-state index contributed by atoms with van der Waals surface area (Å²) in [5, 5.41) is 2.74. The fraction of sp³-hybridized carbons (Fsp3) is 0.429. The van der Waals surface area contributed by atoms with Crippen LogP contribution in [0.1, 0.15) is 24.3 Å². The number of carbonyl (C=O) groups excluding carboxylic acids is 1. The lowest BCUT2D eigenvalue weighted by molar-refractivity contribution is 0.0936. The Morgan fingerprint density at radius 3 is 2.83 bits per heavy atom. The largest absolute Gasteiger partial charge is 0.348 e. The molecule has 1 rings (SSSR count). The van der Waals surface area contributed by atoms with Gasteiger partial charge in [-0.05, 0) is 13.8 Å². The predicted octanol–water partition coefficient (Wildman–Crippen LogP) is 1.57. The van der Waals surface area contributed by atoms with Crippen LogP contribution in [0.2, 0.25) is 0 Å². The number of thiazole rings is 1. The fourth-order valence-corrected chi connectivity index (χ4v) is 1.54. The van der Waals surface area contributed by atoms with E-state index in [2.05, 4.69) is 22.9 Å². The van der Waals surface area contributed by atoms with Crippen LogP contribution < -0.4 is 5.32 Å². The van der Waals surface area contributed by atoms with Crippen LogP contribution in [0.5, 0.6) is 0 Å². The van der Waals surface area contributed by atoms with Gasteiger partial charge >= 0.3 is 0 Å². The molecule has 0 saturated heterocycles. The molecule has 1 aromatic rings. The summed E-state index contributed by atoms with van der Waals surface area (Å²) >= 11 is 5.46. The lowest BCUT2D eigenvalue weighted by Gasteiger charge is -2.05. The molecule has 1 heterocycles. The molecule has 0 unspecified atom stereocenters. The maximum absolute atomic E-state index is 11.3. The van der Waals surface area contributed by atoms with Crippen LogP contribution in [0, 0.1) is 0 Å². The Labute approximate surface area is 80.6 Å². The third-order valence-electron chi connectivity index (χ3n) is 1.18. The molecular weight excluding hydrogens is 192 g/mol. The highest BCUT2D eigenvalue weighted by Crippen LogP contribution is 2.17. The molecule has 0 fully saturated rings. The zero-order valence-electron chi connectivity index (χ0n) is 6.87. The van der Waals surface area contributed by atoms with Crippen molar-refractivity contribution >= 4 is 29.9 Å². The summed E-state index contributed by atoms with van der Waals surface area (Å²) in [6.07, 6.45) is 0. The Bertz CT molecular complexity index is 283. The molecule has 0 atom stereocenters. The second-order valence-corrected chi connectivity index (χ2v) is 4.24. The van der Waals surface area contributed by atoms with Crippen molar-refractivity contribution in [1.29, 1.82) is 0 Å². The number of nitrogens with zero attached hydrogens (tertiary/aromatic N) is 1. The summed E-state index contributed by atoms with van der Waals surface area (Å²) in [6, 6.07) is 0.131. The number of carbonyl (C=O) groups is 1. The van der Waals surface area contributed by atoms with Gasteiger partial charge < -0.3 is 5.32 Å². The maximum Gasteiger partial charge on any atom is 0.272 e. The second-order valence-electron chi connectivity index (χ2n) is 2.63. The zero-order valence-corrected chi connectivity index (χ0v) is 8.58. The average Bonchev–Trinajstić information content (AvgIpc) is 2.33. The topological polar surface area (TPSA) is 42.0 Å². The van der Waals surface area contributed by atoms with E-state index in [0.717, 1.165) is 0 Å². The average molecular weight is 202 g/mol. The normalized spacial score (nSPS) is 10.3. The Morgan fingerprint density at radius 2 is 2.42 bits per heavy atom. The SMILES string of the molecule is CC(C)NC(=O)c1ncsc1S. The zero-order chi connectivity index (χ0) is 9.14. The van der Waals surface area contributed by atoms with Crippen LogP contribution >= 0.6 is 24.0 Å². The third-order valence-corrected chi connectivity index (χ3v) is 2.34. The van der Waals surface area contributed by atoms with E-state index in [-0.39, 0.29) is 11.9 Å². The quantitative estimate of drug-likeness (QED) is 0.715. The monoisotopic (exact) mass is 202 g/mol. The standard InChI is InChI=1S/C7H10N2OS2/c1-4(2)9-6(10)5-7(11)12-3-8-5/h3-4,11H,1-2H3,(H,9,10). The van der Waals surface area contributed by atoms with Crippen LogP contribution in [0.25, 0.3) is 0 Å². The summed E-state index contributed by atoms with van der Waals surface area (Å²) in [6.45, 7) is 3.81. The van der Waals surface area contributed by atoms with Crippen molar-refractivity contribution in [3.63, 3.8) is 0 Å². The molecule has 66 valence electrons. The summed E-state index contributed by atoms with van der Waals surface area (Å²) < 4.78 is 0.660. The molecule has 3 nitrogen and oxygen atoms in total. The Morgan fingerprint density at radius 1 is 1.75 bits per heavy atom. The molecule has 12 heavy (non-hydrogen) atoms. The molecule has 1 amide bonds. The first kappa shape index (κ1) is 9.54. The molecule has 0 aliphatic heterocycles. The molecule has 0 aliphatic carbocycles. The van der Waals surface area contributed by atoms with Gasteiger partial charge in [0.05, 0.1) is 9.72 Å². The number of hydrogen-bond donors (Lipinski definition) is 2. The van der Waals surface area contributed by atoms with Gasteiger partial charge in [0.25, 0.3) is 5.91 Å². The Balaban J connectivity index is 2.72. The summed E-state index contributed by atoms with van der Waals surface area (Å²) in [5.74, 6) is -0.156. The molecule has 1 N–H and O–H groups in total. The van der Waals surface area contributed by atoms with E-state index in [1.807, 2.05) is 13.8 Å². The van der Waals surface area contributed by atoms with E-state index < -0.39 is 0 Å². The van der Waals surface area contributed by atoms with E-state index in [9.17, 15) is 4.79 Å². The number of thiol groups is 1. The van der Waals surface area contributed by atoms with Crippen LogP contribution in [-0.2, 0) is 0 Å². The van der Waals surface area contributed by atoms with Crippen molar-refractivity contribution in [3.05, 3.63) is 11.2 Å². The van der Waals surface area contributed by atoms with Gasteiger partial charge in [0.1, 0.15) is 0 Å². The van der Waals surface area contributed by atoms with Gasteiger partial charge in [-0.3, -0.25) is 4.79 Å². The first-order chi connectivity index (χ1) is 5.61. The van der Waals surface area contributed by atoms with Gasteiger partial charge in [0.2, 0.25) is 0 Å². The number of aromatic nitrogens is 1. The minimum Gasteiger partial charge on any atom is -0.348 e. The van der Waals surface area contributed by atoms with Crippen LogP contribution in [0.4, 0.5) is 0 Å². The molecule has 0 bridgehead atoms. The lowest BCUT2D eigenvalue weighted by atomic mass is 10.3. The van der Waals surface area contributed by atoms with Gasteiger partial charge in [-0.15, -0.1) is 24.0 Å². The Hall–Kier alpha value is -0.550. The van der Waals surface area contributed by atoms with Gasteiger partial charge in [-0.1, -0.05) is 0 Å². The minimum atomic E-state index is -0.156. The number of rotatable bonds is 2. The predicted molar refractivity (Wildman–Crippen MR) is 52.0 cm³/mol. The van der Waals surface area contributed by atoms with Crippen LogP contribution in [0.15, 0.2) is 9.72 Å². The highest BCUT2D eigenvalue weighted by atomic mass is 32.2. The van der Waals surface area contributed by atoms with Crippen LogP contribution in [-0.4, -0.2) is 16.9 Å². The van der Waals surface area contributed by atoms with Crippen LogP contribution in [0.3, 0.4) is 0 Å². The third kappa shape index (κ3) is 2.22. The van der Waals surface area contributed by atoms with Crippen molar-refractivity contribution in [2.45, 2.75) is 24.1 Å². The highest BCUT2D eigenvalue weighted by Gasteiger charge is 2.12. The highest BCUT2D eigenvalue weighted by molar-refractivity contribution is 7.82. The van der Waals surface area contributed by atoms with Gasteiger partial charge in [0, 0.05) is 6.04 Å². The fourth-order valence-electron chi connectivity index (χ4n) is 0.726. The van der Waals surface area contributed by atoms with E-state index in [4.69, 9.17) is 0 Å². The lowest BCUT2D eigenvalue weighted by Crippen LogP contribution is -2.30. The number of hydrogen-bond acceptors (Lipinski definition) is 4. The first-order valence-corrected chi connectivity index (χ1v) is 4.87. The summed E-state index contributed by atoms with van der Waals surface area (Å²) in [4.78, 5) is 15.2. The second kappa shape index (κ2) is 3.91. The van der Waals surface area contributed by atoms with Gasteiger partial charge in [-0.2, -0.15) is 0 Å². The van der Waals surface area contributed by atoms with E-state index in [1.54, 1.807) is 5.51 Å². The van der Waals surface area contributed by atoms with Gasteiger partial charge in [-0.25, -0.2) is 4.98 Å². The number of nitrogens with one attached hydrogen (secondary N) is 1.